The van der Waals surface area contributed by atoms with Gasteiger partial charge in [-0.15, -0.1) is 0 Å². The Hall–Kier alpha value is -1.02. The van der Waals surface area contributed by atoms with E-state index in [0.717, 1.165) is 12.0 Å². The SMILES string of the molecule is O=C(c1ccc(Cl)cc1)[C@@H]1C[C@H]1c1ccc(Cl)cc1Cl. The number of halogens is 3. The molecule has 0 amide bonds. The van der Waals surface area contributed by atoms with Gasteiger partial charge in [0.05, 0.1) is 0 Å². The van der Waals surface area contributed by atoms with Crippen molar-refractivity contribution in [2.45, 2.75) is 12.3 Å². The highest BCUT2D eigenvalue weighted by Gasteiger charge is 2.44. The summed E-state index contributed by atoms with van der Waals surface area (Å²) in [7, 11) is 0. The van der Waals surface area contributed by atoms with Gasteiger partial charge in [-0.3, -0.25) is 4.79 Å². The maximum atomic E-state index is 12.4. The highest BCUT2D eigenvalue weighted by atomic mass is 35.5. The molecule has 0 spiro atoms. The highest BCUT2D eigenvalue weighted by Crippen LogP contribution is 2.51. The van der Waals surface area contributed by atoms with Crippen molar-refractivity contribution in [1.82, 2.24) is 0 Å². The normalized spacial score (nSPS) is 20.8. The van der Waals surface area contributed by atoms with E-state index in [-0.39, 0.29) is 17.6 Å². The summed E-state index contributed by atoms with van der Waals surface area (Å²) in [5.74, 6) is 0.357. The van der Waals surface area contributed by atoms with E-state index in [2.05, 4.69) is 0 Å². The summed E-state index contributed by atoms with van der Waals surface area (Å²) < 4.78 is 0. The Morgan fingerprint density at radius 1 is 0.950 bits per heavy atom. The van der Waals surface area contributed by atoms with Crippen molar-refractivity contribution in [1.29, 1.82) is 0 Å². The number of benzene rings is 2. The molecule has 1 nitrogen and oxygen atoms in total. The first-order valence-electron chi connectivity index (χ1n) is 6.31. The van der Waals surface area contributed by atoms with Gasteiger partial charge in [-0.2, -0.15) is 0 Å². The molecular formula is C16H11Cl3O. The predicted molar refractivity (Wildman–Crippen MR) is 83.1 cm³/mol. The van der Waals surface area contributed by atoms with Crippen LogP contribution in [0.2, 0.25) is 15.1 Å². The molecule has 0 bridgehead atoms. The molecule has 20 heavy (non-hydrogen) atoms. The van der Waals surface area contributed by atoms with Crippen LogP contribution in [0.3, 0.4) is 0 Å². The first-order chi connectivity index (χ1) is 9.56. The molecule has 0 unspecified atom stereocenters. The summed E-state index contributed by atoms with van der Waals surface area (Å²) in [6, 6.07) is 12.5. The second-order valence-electron chi connectivity index (χ2n) is 4.99. The van der Waals surface area contributed by atoms with Gasteiger partial charge in [0.25, 0.3) is 0 Å². The van der Waals surface area contributed by atoms with Crippen molar-refractivity contribution in [2.24, 2.45) is 5.92 Å². The van der Waals surface area contributed by atoms with Gasteiger partial charge < -0.3 is 0 Å². The Balaban J connectivity index is 1.78. The number of carbonyl (C=O) groups excluding carboxylic acids is 1. The number of ketones is 1. The van der Waals surface area contributed by atoms with Crippen LogP contribution in [0, 0.1) is 5.92 Å². The third-order valence-corrected chi connectivity index (χ3v) is 4.43. The topological polar surface area (TPSA) is 17.1 Å². The van der Waals surface area contributed by atoms with E-state index >= 15 is 0 Å². The maximum Gasteiger partial charge on any atom is 0.166 e. The fraction of sp³-hybridized carbons (Fsp3) is 0.188. The molecule has 1 aliphatic rings. The molecular weight excluding hydrogens is 315 g/mol. The monoisotopic (exact) mass is 324 g/mol. The zero-order valence-corrected chi connectivity index (χ0v) is 12.7. The second-order valence-corrected chi connectivity index (χ2v) is 6.27. The standard InChI is InChI=1S/C16H11Cl3O/c17-10-3-1-9(2-4-10)16(20)14-8-13(14)12-6-5-11(18)7-15(12)19/h1-7,13-14H,8H2/t13-,14+/m0/s1. The Labute approximate surface area is 132 Å². The van der Waals surface area contributed by atoms with E-state index in [1.165, 1.54) is 0 Å². The fourth-order valence-electron chi connectivity index (χ4n) is 2.46. The van der Waals surface area contributed by atoms with Gasteiger partial charge in [0.2, 0.25) is 0 Å². The Morgan fingerprint density at radius 3 is 2.25 bits per heavy atom. The van der Waals surface area contributed by atoms with Gasteiger partial charge >= 0.3 is 0 Å². The lowest BCUT2D eigenvalue weighted by Crippen LogP contribution is -2.03. The smallest absolute Gasteiger partial charge is 0.166 e. The number of carbonyl (C=O) groups is 1. The van der Waals surface area contributed by atoms with E-state index in [1.807, 2.05) is 12.1 Å². The lowest BCUT2D eigenvalue weighted by Gasteiger charge is -2.04. The molecule has 1 fully saturated rings. The van der Waals surface area contributed by atoms with Crippen molar-refractivity contribution >= 4 is 40.6 Å². The molecule has 2 atom stereocenters. The molecule has 3 rings (SSSR count). The Bertz CT molecular complexity index is 664. The van der Waals surface area contributed by atoms with Crippen LogP contribution in [0.15, 0.2) is 42.5 Å². The molecule has 0 aromatic heterocycles. The summed E-state index contributed by atoms with van der Waals surface area (Å²) in [5.41, 5.74) is 1.70. The molecule has 2 aromatic rings. The minimum Gasteiger partial charge on any atom is -0.294 e. The molecule has 1 saturated carbocycles. The third-order valence-electron chi connectivity index (χ3n) is 3.62. The number of hydrogen-bond acceptors (Lipinski definition) is 1. The quantitative estimate of drug-likeness (QED) is 0.668. The minimum absolute atomic E-state index is 0.00912. The molecule has 0 aliphatic heterocycles. The maximum absolute atomic E-state index is 12.4. The summed E-state index contributed by atoms with van der Waals surface area (Å²) in [5, 5.41) is 1.88. The molecule has 4 heteroatoms. The van der Waals surface area contributed by atoms with Crippen LogP contribution in [0.1, 0.15) is 28.3 Å². The molecule has 102 valence electrons. The summed E-state index contributed by atoms with van der Waals surface area (Å²) in [4.78, 5) is 12.4. The van der Waals surface area contributed by atoms with Crippen molar-refractivity contribution in [2.75, 3.05) is 0 Å². The highest BCUT2D eigenvalue weighted by molar-refractivity contribution is 6.35. The van der Waals surface area contributed by atoms with Crippen LogP contribution in [0.5, 0.6) is 0 Å². The van der Waals surface area contributed by atoms with Crippen LogP contribution < -0.4 is 0 Å². The summed E-state index contributed by atoms with van der Waals surface area (Å²) >= 11 is 17.9. The third kappa shape index (κ3) is 2.71. The summed E-state index contributed by atoms with van der Waals surface area (Å²) in [6.45, 7) is 0. The van der Waals surface area contributed by atoms with Crippen LogP contribution >= 0.6 is 34.8 Å². The van der Waals surface area contributed by atoms with Crippen molar-refractivity contribution in [3.63, 3.8) is 0 Å². The van der Waals surface area contributed by atoms with E-state index in [9.17, 15) is 4.79 Å². The van der Waals surface area contributed by atoms with E-state index < -0.39 is 0 Å². The number of hydrogen-bond donors (Lipinski definition) is 0. The van der Waals surface area contributed by atoms with E-state index in [1.54, 1.807) is 30.3 Å². The number of Topliss-reactive ketones (excluding diaryl/α,β-unsaturated/α-hetero) is 1. The first kappa shape index (κ1) is 13.9. The Kier molecular flexibility index (Phi) is 3.76. The molecule has 0 heterocycles. The average Bonchev–Trinajstić information content (AvgIpc) is 3.19. The van der Waals surface area contributed by atoms with Gasteiger partial charge in [0.1, 0.15) is 0 Å². The van der Waals surface area contributed by atoms with Crippen LogP contribution in [-0.4, -0.2) is 5.78 Å². The molecule has 2 aromatic carbocycles. The zero-order chi connectivity index (χ0) is 14.3. The van der Waals surface area contributed by atoms with Crippen molar-refractivity contribution < 1.29 is 4.79 Å². The summed E-state index contributed by atoms with van der Waals surface area (Å²) in [6.07, 6.45) is 0.836. The molecule has 1 aliphatic carbocycles. The predicted octanol–water partition coefficient (Wildman–Crippen LogP) is 5.63. The van der Waals surface area contributed by atoms with E-state index in [0.29, 0.717) is 20.6 Å². The van der Waals surface area contributed by atoms with Gasteiger partial charge in [-0.1, -0.05) is 40.9 Å². The molecule has 0 saturated heterocycles. The van der Waals surface area contributed by atoms with Crippen molar-refractivity contribution in [3.05, 3.63) is 68.7 Å². The second kappa shape index (κ2) is 5.40. The lowest BCUT2D eigenvalue weighted by atomic mass is 10.0. The van der Waals surface area contributed by atoms with Gasteiger partial charge in [0.15, 0.2) is 5.78 Å². The molecule has 0 N–H and O–H groups in total. The van der Waals surface area contributed by atoms with Crippen LogP contribution in [0.4, 0.5) is 0 Å². The minimum atomic E-state index is 0.00912. The fourth-order valence-corrected chi connectivity index (χ4v) is 3.13. The lowest BCUT2D eigenvalue weighted by molar-refractivity contribution is 0.0965. The Morgan fingerprint density at radius 2 is 1.60 bits per heavy atom. The van der Waals surface area contributed by atoms with E-state index in [4.69, 9.17) is 34.8 Å². The largest absolute Gasteiger partial charge is 0.294 e. The first-order valence-corrected chi connectivity index (χ1v) is 7.44. The van der Waals surface area contributed by atoms with Gasteiger partial charge in [-0.05, 0) is 54.3 Å². The number of rotatable bonds is 3. The van der Waals surface area contributed by atoms with Crippen LogP contribution in [0.25, 0.3) is 0 Å². The van der Waals surface area contributed by atoms with Crippen LogP contribution in [-0.2, 0) is 0 Å². The van der Waals surface area contributed by atoms with Gasteiger partial charge in [0, 0.05) is 26.5 Å². The zero-order valence-electron chi connectivity index (χ0n) is 10.4. The van der Waals surface area contributed by atoms with Crippen molar-refractivity contribution in [3.8, 4) is 0 Å². The van der Waals surface area contributed by atoms with Gasteiger partial charge in [-0.25, -0.2) is 0 Å². The average molecular weight is 326 g/mol. The molecule has 0 radical (unpaired) electrons.